The van der Waals surface area contributed by atoms with Crippen LogP contribution in [-0.4, -0.2) is 58.3 Å². The fraction of sp³-hybridized carbons (Fsp3) is 0.375. The van der Waals surface area contributed by atoms with Crippen molar-refractivity contribution in [2.75, 3.05) is 26.8 Å². The van der Waals surface area contributed by atoms with Crippen LogP contribution in [-0.2, 0) is 29.2 Å². The molecule has 1 aliphatic carbocycles. The fourth-order valence-electron chi connectivity index (χ4n) is 6.38. The molecule has 4 heterocycles. The standard InChI is InChI=1S/C32H29F2N5O4/c1-41-32(40)21-10-28-27(11-25(21)34)36-29(39(28)13-20-7-8-42-20)16-38-14-22-23(15-38)31(22)26-3-2-4-30(37-26)43-17-19-6-5-18(12-35)9-24(19)33/h2-6,9-11,20,22-23,31H,7-8,13-17H2,1H3/t20-,22-,23+,31+/m0/s1. The van der Waals surface area contributed by atoms with Crippen LogP contribution in [0.15, 0.2) is 48.5 Å². The number of nitriles is 1. The Kier molecular flexibility index (Phi) is 7.03. The lowest BCUT2D eigenvalue weighted by Gasteiger charge is -2.28. The molecule has 43 heavy (non-hydrogen) atoms. The number of halogens is 2. The van der Waals surface area contributed by atoms with Gasteiger partial charge in [-0.2, -0.15) is 5.26 Å². The zero-order valence-corrected chi connectivity index (χ0v) is 23.5. The smallest absolute Gasteiger partial charge is 0.340 e. The van der Waals surface area contributed by atoms with Crippen LogP contribution in [0.3, 0.4) is 0 Å². The number of esters is 1. The van der Waals surface area contributed by atoms with E-state index in [4.69, 9.17) is 29.4 Å². The summed E-state index contributed by atoms with van der Waals surface area (Å²) in [5.74, 6) is 0.636. The third-order valence-electron chi connectivity index (χ3n) is 8.78. The molecule has 2 aromatic carbocycles. The van der Waals surface area contributed by atoms with E-state index in [1.165, 1.54) is 25.3 Å². The van der Waals surface area contributed by atoms with E-state index in [2.05, 4.69) is 4.90 Å². The number of carbonyl (C=O) groups is 1. The van der Waals surface area contributed by atoms with Crippen LogP contribution in [0.25, 0.3) is 11.0 Å². The lowest BCUT2D eigenvalue weighted by molar-refractivity contribution is -0.0591. The van der Waals surface area contributed by atoms with Gasteiger partial charge in [0, 0.05) is 49.0 Å². The van der Waals surface area contributed by atoms with Gasteiger partial charge >= 0.3 is 5.97 Å². The van der Waals surface area contributed by atoms with Gasteiger partial charge in [0.1, 0.15) is 24.1 Å². The second kappa shape index (κ2) is 11.0. The number of imidazole rings is 1. The van der Waals surface area contributed by atoms with Gasteiger partial charge < -0.3 is 18.8 Å². The summed E-state index contributed by atoms with van der Waals surface area (Å²) in [4.78, 5) is 24.0. The number of fused-ring (bicyclic) bond motifs is 2. The van der Waals surface area contributed by atoms with E-state index < -0.39 is 17.6 Å². The lowest BCUT2D eigenvalue weighted by atomic mass is 10.1. The Balaban J connectivity index is 1.03. The summed E-state index contributed by atoms with van der Waals surface area (Å²) < 4.78 is 47.2. The van der Waals surface area contributed by atoms with Crippen molar-refractivity contribution >= 4 is 17.0 Å². The molecule has 0 spiro atoms. The van der Waals surface area contributed by atoms with Gasteiger partial charge in [-0.1, -0.05) is 12.1 Å². The topological polar surface area (TPSA) is 102 Å². The molecular formula is C32H29F2N5O4. The summed E-state index contributed by atoms with van der Waals surface area (Å²) in [6, 6.07) is 14.8. The average molecular weight is 586 g/mol. The van der Waals surface area contributed by atoms with Crippen molar-refractivity contribution < 1.29 is 27.8 Å². The highest BCUT2D eigenvalue weighted by molar-refractivity contribution is 5.94. The summed E-state index contributed by atoms with van der Waals surface area (Å²) in [6.07, 6.45) is 1.01. The molecule has 11 heteroatoms. The number of pyridine rings is 1. The Labute approximate surface area is 246 Å². The quantitative estimate of drug-likeness (QED) is 0.263. The number of rotatable bonds is 9. The molecular weight excluding hydrogens is 556 g/mol. The van der Waals surface area contributed by atoms with Crippen LogP contribution in [0.1, 0.15) is 45.3 Å². The van der Waals surface area contributed by atoms with Crippen LogP contribution < -0.4 is 4.74 Å². The highest BCUT2D eigenvalue weighted by atomic mass is 19.1. The molecule has 4 aromatic rings. The van der Waals surface area contributed by atoms with E-state index in [0.29, 0.717) is 53.3 Å². The molecule has 4 atom stereocenters. The third-order valence-corrected chi connectivity index (χ3v) is 8.78. The van der Waals surface area contributed by atoms with Gasteiger partial charge in [0.2, 0.25) is 5.88 Å². The van der Waals surface area contributed by atoms with E-state index in [1.54, 1.807) is 18.2 Å². The summed E-state index contributed by atoms with van der Waals surface area (Å²) in [5.41, 5.74) is 2.68. The zero-order valence-electron chi connectivity index (χ0n) is 23.5. The lowest BCUT2D eigenvalue weighted by Crippen LogP contribution is -2.33. The van der Waals surface area contributed by atoms with Gasteiger partial charge in [0.05, 0.1) is 54.5 Å². The van der Waals surface area contributed by atoms with E-state index in [0.717, 1.165) is 37.6 Å². The minimum absolute atomic E-state index is 0.0250. The van der Waals surface area contributed by atoms with Gasteiger partial charge in [-0.3, -0.25) is 4.90 Å². The van der Waals surface area contributed by atoms with Crippen molar-refractivity contribution in [1.29, 1.82) is 5.26 Å². The first-order chi connectivity index (χ1) is 20.9. The summed E-state index contributed by atoms with van der Waals surface area (Å²) in [7, 11) is 1.24. The number of piperidine rings is 1. The monoisotopic (exact) mass is 585 g/mol. The molecule has 2 aliphatic heterocycles. The number of hydrogen-bond acceptors (Lipinski definition) is 8. The van der Waals surface area contributed by atoms with E-state index in [1.807, 2.05) is 22.8 Å². The number of likely N-dealkylation sites (tertiary alicyclic amines) is 1. The SMILES string of the molecule is COC(=O)c1cc2c(cc1F)nc(CN1C[C@@H]3[C@H](C1)[C@H]3c1cccc(OCc3ccc(C#N)cc3F)n1)n2C[C@@H]1CCO1. The number of carbonyl (C=O) groups excluding carboxylic acids is 1. The van der Waals surface area contributed by atoms with E-state index in [-0.39, 0.29) is 23.8 Å². The van der Waals surface area contributed by atoms with Crippen molar-refractivity contribution in [2.24, 2.45) is 11.8 Å². The van der Waals surface area contributed by atoms with Gasteiger partial charge in [0.15, 0.2) is 0 Å². The molecule has 2 saturated heterocycles. The molecule has 3 fully saturated rings. The Morgan fingerprint density at radius 2 is 1.93 bits per heavy atom. The molecule has 3 aliphatic rings. The largest absolute Gasteiger partial charge is 0.473 e. The Bertz CT molecular complexity index is 1750. The van der Waals surface area contributed by atoms with Crippen molar-refractivity contribution in [3.05, 3.63) is 88.4 Å². The Morgan fingerprint density at radius 1 is 1.12 bits per heavy atom. The van der Waals surface area contributed by atoms with Crippen molar-refractivity contribution in [3.8, 4) is 11.9 Å². The number of aromatic nitrogens is 3. The zero-order chi connectivity index (χ0) is 29.7. The minimum Gasteiger partial charge on any atom is -0.473 e. The second-order valence-electron chi connectivity index (χ2n) is 11.4. The predicted molar refractivity (Wildman–Crippen MR) is 150 cm³/mol. The van der Waals surface area contributed by atoms with E-state index >= 15 is 0 Å². The molecule has 0 unspecified atom stereocenters. The van der Waals surface area contributed by atoms with Gasteiger partial charge in [0.25, 0.3) is 0 Å². The van der Waals surface area contributed by atoms with Crippen molar-refractivity contribution in [2.45, 2.75) is 38.1 Å². The van der Waals surface area contributed by atoms with Crippen molar-refractivity contribution in [3.63, 3.8) is 0 Å². The molecule has 220 valence electrons. The second-order valence-corrected chi connectivity index (χ2v) is 11.4. The molecule has 0 N–H and O–H groups in total. The molecule has 0 radical (unpaired) electrons. The number of hydrogen-bond donors (Lipinski definition) is 0. The number of nitrogens with zero attached hydrogens (tertiary/aromatic N) is 5. The number of methoxy groups -OCH3 is 1. The first kappa shape index (κ1) is 27.4. The van der Waals surface area contributed by atoms with Gasteiger partial charge in [-0.25, -0.2) is 23.5 Å². The summed E-state index contributed by atoms with van der Waals surface area (Å²) in [6.45, 7) is 3.69. The maximum atomic E-state index is 14.7. The average Bonchev–Trinajstić information content (AvgIpc) is 3.31. The van der Waals surface area contributed by atoms with Crippen LogP contribution in [0.4, 0.5) is 8.78 Å². The molecule has 2 aromatic heterocycles. The van der Waals surface area contributed by atoms with Crippen LogP contribution >= 0.6 is 0 Å². The van der Waals surface area contributed by atoms with Crippen LogP contribution in [0, 0.1) is 34.8 Å². The van der Waals surface area contributed by atoms with Crippen LogP contribution in [0.5, 0.6) is 5.88 Å². The van der Waals surface area contributed by atoms with Gasteiger partial charge in [-0.05, 0) is 42.5 Å². The predicted octanol–water partition coefficient (Wildman–Crippen LogP) is 4.58. The first-order valence-electron chi connectivity index (χ1n) is 14.3. The third kappa shape index (κ3) is 5.21. The first-order valence-corrected chi connectivity index (χ1v) is 14.3. The fourth-order valence-corrected chi connectivity index (χ4v) is 6.38. The highest BCUT2D eigenvalue weighted by Gasteiger charge is 2.57. The van der Waals surface area contributed by atoms with Crippen LogP contribution in [0.2, 0.25) is 0 Å². The minimum atomic E-state index is -0.719. The number of benzene rings is 2. The molecule has 0 amide bonds. The van der Waals surface area contributed by atoms with Gasteiger partial charge in [-0.15, -0.1) is 0 Å². The summed E-state index contributed by atoms with van der Waals surface area (Å²) >= 11 is 0. The normalized spacial score (nSPS) is 22.6. The Morgan fingerprint density at radius 3 is 2.63 bits per heavy atom. The molecule has 9 nitrogen and oxygen atoms in total. The maximum absolute atomic E-state index is 14.7. The van der Waals surface area contributed by atoms with E-state index in [9.17, 15) is 13.6 Å². The summed E-state index contributed by atoms with van der Waals surface area (Å²) in [5, 5.41) is 8.94. The Hall–Kier alpha value is -4.40. The molecule has 1 saturated carbocycles. The number of ether oxygens (including phenoxy) is 3. The highest BCUT2D eigenvalue weighted by Crippen LogP contribution is 2.58. The molecule has 7 rings (SSSR count). The van der Waals surface area contributed by atoms with Crippen molar-refractivity contribution in [1.82, 2.24) is 19.4 Å². The maximum Gasteiger partial charge on any atom is 0.340 e. The molecule has 0 bridgehead atoms.